The van der Waals surface area contributed by atoms with E-state index in [1.165, 1.54) is 17.8 Å². The molecule has 1 aliphatic rings. The van der Waals surface area contributed by atoms with Gasteiger partial charge in [0, 0.05) is 31.0 Å². The van der Waals surface area contributed by atoms with E-state index < -0.39 is 0 Å². The summed E-state index contributed by atoms with van der Waals surface area (Å²) in [6.45, 7) is 1.65. The molecule has 0 bridgehead atoms. The number of imidazole rings is 1. The van der Waals surface area contributed by atoms with Gasteiger partial charge < -0.3 is 15.1 Å². The highest BCUT2D eigenvalue weighted by Crippen LogP contribution is 2.27. The molecule has 2 aromatic heterocycles. The number of carbonyl (C=O) groups is 1. The van der Waals surface area contributed by atoms with Gasteiger partial charge in [0.25, 0.3) is 5.91 Å². The summed E-state index contributed by atoms with van der Waals surface area (Å²) in [6.07, 6.45) is 5.81. The number of nitrogens with zero attached hydrogens (tertiary/aromatic N) is 4. The second kappa shape index (κ2) is 8.65. The molecule has 3 aromatic rings. The van der Waals surface area contributed by atoms with Crippen molar-refractivity contribution in [3.8, 4) is 0 Å². The number of rotatable bonds is 5. The van der Waals surface area contributed by atoms with Crippen molar-refractivity contribution in [3.63, 3.8) is 0 Å². The Morgan fingerprint density at radius 3 is 2.67 bits per heavy atom. The second-order valence-electron chi connectivity index (χ2n) is 7.71. The van der Waals surface area contributed by atoms with Crippen molar-refractivity contribution in [1.82, 2.24) is 14.3 Å². The molecule has 158 valence electrons. The molecular formula is C22H26FN5OS. The lowest BCUT2D eigenvalue weighted by Gasteiger charge is -2.36. The number of thioether (sulfide) groups is 1. The summed E-state index contributed by atoms with van der Waals surface area (Å²) in [4.78, 5) is 21.6. The zero-order valence-electron chi connectivity index (χ0n) is 17.4. The minimum atomic E-state index is -0.349. The van der Waals surface area contributed by atoms with Gasteiger partial charge in [0.15, 0.2) is 10.9 Å². The molecule has 8 heteroatoms. The lowest BCUT2D eigenvalue weighted by Crippen LogP contribution is -2.42. The molecule has 3 heterocycles. The molecule has 0 spiro atoms. The number of piperidine rings is 1. The zero-order valence-corrected chi connectivity index (χ0v) is 18.2. The molecule has 1 amide bonds. The number of hydrogen-bond donors (Lipinski definition) is 1. The maximum absolute atomic E-state index is 14.8. The second-order valence-corrected chi connectivity index (χ2v) is 8.48. The van der Waals surface area contributed by atoms with E-state index in [0.717, 1.165) is 36.6 Å². The summed E-state index contributed by atoms with van der Waals surface area (Å²) in [5.74, 6) is -0.673. The Balaban J connectivity index is 1.50. The molecule has 1 saturated heterocycles. The molecule has 1 aromatic carbocycles. The maximum atomic E-state index is 14.8. The summed E-state index contributed by atoms with van der Waals surface area (Å²) in [7, 11) is 4.17. The van der Waals surface area contributed by atoms with Crippen LogP contribution in [0.5, 0.6) is 0 Å². The van der Waals surface area contributed by atoms with Crippen LogP contribution in [-0.4, -0.2) is 59.7 Å². The fourth-order valence-corrected chi connectivity index (χ4v) is 4.51. The Morgan fingerprint density at radius 2 is 2.00 bits per heavy atom. The average Bonchev–Trinajstić information content (AvgIpc) is 3.13. The van der Waals surface area contributed by atoms with E-state index in [1.54, 1.807) is 12.1 Å². The first kappa shape index (κ1) is 20.7. The first-order valence-electron chi connectivity index (χ1n) is 10.0. The van der Waals surface area contributed by atoms with Crippen LogP contribution in [0.2, 0.25) is 0 Å². The number of aromatic nitrogens is 2. The lowest BCUT2D eigenvalue weighted by molar-refractivity contribution is 0.102. The molecule has 30 heavy (non-hydrogen) atoms. The lowest BCUT2D eigenvalue weighted by atomic mass is 10.0. The predicted octanol–water partition coefficient (Wildman–Crippen LogP) is 3.98. The fourth-order valence-electron chi connectivity index (χ4n) is 3.98. The molecular weight excluding hydrogens is 401 g/mol. The van der Waals surface area contributed by atoms with E-state index in [-0.39, 0.29) is 11.7 Å². The average molecular weight is 428 g/mol. The highest BCUT2D eigenvalue weighted by Gasteiger charge is 2.23. The predicted molar refractivity (Wildman–Crippen MR) is 120 cm³/mol. The van der Waals surface area contributed by atoms with Gasteiger partial charge in [-0.15, -0.1) is 0 Å². The van der Waals surface area contributed by atoms with Crippen LogP contribution in [-0.2, 0) is 0 Å². The van der Waals surface area contributed by atoms with Crippen LogP contribution < -0.4 is 10.2 Å². The van der Waals surface area contributed by atoms with Crippen molar-refractivity contribution >= 4 is 34.6 Å². The van der Waals surface area contributed by atoms with E-state index in [0.29, 0.717) is 23.1 Å². The van der Waals surface area contributed by atoms with Gasteiger partial charge in [0.2, 0.25) is 0 Å². The number of fused-ring (bicyclic) bond motifs is 1. The van der Waals surface area contributed by atoms with Crippen LogP contribution in [0.15, 0.2) is 47.8 Å². The van der Waals surface area contributed by atoms with Gasteiger partial charge in [-0.1, -0.05) is 17.8 Å². The number of anilines is 2. The highest BCUT2D eigenvalue weighted by molar-refractivity contribution is 7.98. The third-order valence-electron chi connectivity index (χ3n) is 5.65. The van der Waals surface area contributed by atoms with E-state index in [1.807, 2.05) is 35.1 Å². The van der Waals surface area contributed by atoms with E-state index >= 15 is 0 Å². The van der Waals surface area contributed by atoms with Crippen molar-refractivity contribution < 1.29 is 9.18 Å². The molecule has 1 aliphatic heterocycles. The van der Waals surface area contributed by atoms with Gasteiger partial charge in [0.1, 0.15) is 5.82 Å². The standard InChI is InChI=1S/C22H26FN5OS/c1-26(2)16-9-12-27(13-10-16)18-8-7-15(14-17(18)23)24-21(29)20-19-6-4-5-11-28(19)22(25-20)30-3/h4-8,11,14,16H,9-10,12-13H2,1-3H3,(H,24,29). The summed E-state index contributed by atoms with van der Waals surface area (Å²) >= 11 is 1.47. The number of halogens is 1. The van der Waals surface area contributed by atoms with Gasteiger partial charge in [-0.2, -0.15) is 0 Å². The van der Waals surface area contributed by atoms with Gasteiger partial charge in [-0.3, -0.25) is 9.20 Å². The van der Waals surface area contributed by atoms with Crippen molar-refractivity contribution in [3.05, 3.63) is 54.1 Å². The van der Waals surface area contributed by atoms with Gasteiger partial charge in [-0.25, -0.2) is 9.37 Å². The van der Waals surface area contributed by atoms with Crippen LogP contribution in [0.25, 0.3) is 5.52 Å². The number of pyridine rings is 1. The highest BCUT2D eigenvalue weighted by atomic mass is 32.2. The maximum Gasteiger partial charge on any atom is 0.276 e. The number of carbonyl (C=O) groups excluding carboxylic acids is 1. The fraction of sp³-hybridized carbons (Fsp3) is 0.364. The third kappa shape index (κ3) is 4.02. The topological polar surface area (TPSA) is 52.9 Å². The molecule has 0 atom stereocenters. The molecule has 0 aliphatic carbocycles. The Bertz CT molecular complexity index is 1060. The monoisotopic (exact) mass is 427 g/mol. The number of benzene rings is 1. The minimum absolute atomic E-state index is 0.324. The molecule has 0 unspecified atom stereocenters. The van der Waals surface area contributed by atoms with Crippen molar-refractivity contribution in [2.45, 2.75) is 24.0 Å². The number of nitrogens with one attached hydrogen (secondary N) is 1. The van der Waals surface area contributed by atoms with Crippen LogP contribution in [0.1, 0.15) is 23.3 Å². The van der Waals surface area contributed by atoms with Crippen LogP contribution >= 0.6 is 11.8 Å². The smallest absolute Gasteiger partial charge is 0.276 e. The molecule has 4 rings (SSSR count). The minimum Gasteiger partial charge on any atom is -0.369 e. The molecule has 0 saturated carbocycles. The van der Waals surface area contributed by atoms with E-state index in [9.17, 15) is 9.18 Å². The molecule has 1 fully saturated rings. The summed E-state index contributed by atoms with van der Waals surface area (Å²) in [6, 6.07) is 11.0. The zero-order chi connectivity index (χ0) is 21.3. The Morgan fingerprint density at radius 1 is 1.23 bits per heavy atom. The number of hydrogen-bond acceptors (Lipinski definition) is 5. The van der Waals surface area contributed by atoms with Gasteiger partial charge in [0.05, 0.1) is 11.2 Å². The Labute approximate surface area is 180 Å². The van der Waals surface area contributed by atoms with Crippen molar-refractivity contribution in [1.29, 1.82) is 0 Å². The van der Waals surface area contributed by atoms with Crippen LogP contribution in [0.4, 0.5) is 15.8 Å². The molecule has 1 N–H and O–H groups in total. The largest absolute Gasteiger partial charge is 0.369 e. The summed E-state index contributed by atoms with van der Waals surface area (Å²) < 4.78 is 16.7. The van der Waals surface area contributed by atoms with E-state index in [4.69, 9.17) is 0 Å². The summed E-state index contributed by atoms with van der Waals surface area (Å²) in [5, 5.41) is 3.53. The van der Waals surface area contributed by atoms with Crippen molar-refractivity contribution in [2.75, 3.05) is 43.7 Å². The van der Waals surface area contributed by atoms with E-state index in [2.05, 4.69) is 34.2 Å². The number of amides is 1. The van der Waals surface area contributed by atoms with Crippen molar-refractivity contribution in [2.24, 2.45) is 0 Å². The van der Waals surface area contributed by atoms with Gasteiger partial charge in [-0.05, 0) is 63.5 Å². The van der Waals surface area contributed by atoms with Crippen LogP contribution in [0.3, 0.4) is 0 Å². The normalized spacial score (nSPS) is 15.2. The Kier molecular flexibility index (Phi) is 5.97. The van der Waals surface area contributed by atoms with Gasteiger partial charge >= 0.3 is 0 Å². The molecule has 6 nitrogen and oxygen atoms in total. The molecule has 0 radical (unpaired) electrons. The van der Waals surface area contributed by atoms with Crippen LogP contribution in [0, 0.1) is 5.82 Å². The summed E-state index contributed by atoms with van der Waals surface area (Å²) in [5.41, 5.74) is 2.06. The Hall–Kier alpha value is -2.58. The third-order valence-corrected chi connectivity index (χ3v) is 6.31. The SMILES string of the molecule is CSc1nc(C(=O)Nc2ccc(N3CCC(N(C)C)CC3)c(F)c2)c2ccccn12. The quantitative estimate of drug-likeness (QED) is 0.625. The first-order valence-corrected chi connectivity index (χ1v) is 11.2. The first-order chi connectivity index (χ1) is 14.5.